The molecule has 0 aliphatic carbocycles. The maximum absolute atomic E-state index is 13.7. The maximum Gasteiger partial charge on any atom is 0.303 e. The van der Waals surface area contributed by atoms with Gasteiger partial charge in [0.25, 0.3) is 0 Å². The highest BCUT2D eigenvalue weighted by Crippen LogP contribution is 2.47. The molecule has 4 aromatic carbocycles. The lowest BCUT2D eigenvalue weighted by molar-refractivity contribution is -0.394. The molecule has 109 heavy (non-hydrogen) atoms. The third-order valence-electron chi connectivity index (χ3n) is 26.2. The van der Waals surface area contributed by atoms with Gasteiger partial charge in [-0.2, -0.15) is 0 Å². The van der Waals surface area contributed by atoms with E-state index in [1.54, 1.807) is 0 Å². The number of hydrogen-bond donors (Lipinski definition) is 1. The minimum Gasteiger partial charge on any atom is -0.457 e. The van der Waals surface area contributed by atoms with Crippen molar-refractivity contribution in [1.29, 1.82) is 0 Å². The molecule has 11 rings (SSSR count). The average Bonchev–Trinajstić information content (AvgIpc) is 0.776. The molecule has 7 fully saturated rings. The molecule has 0 amide bonds. The number of hydrogen-bond acceptors (Lipinski definition) is 20. The first-order valence-electron chi connectivity index (χ1n) is 41.4. The molecule has 608 valence electrons. The van der Waals surface area contributed by atoms with Crippen LogP contribution < -0.4 is 0 Å². The van der Waals surface area contributed by atoms with Gasteiger partial charge in [-0.25, -0.2) is 0 Å². The Bertz CT molecular complexity index is 3280. The Morgan fingerprint density at radius 3 is 1.13 bits per heavy atom. The number of rotatable bonds is 32. The van der Waals surface area contributed by atoms with Crippen molar-refractivity contribution in [2.45, 2.75) is 312 Å². The summed E-state index contributed by atoms with van der Waals surface area (Å²) >= 11 is 0. The first kappa shape index (κ1) is 85.5. The zero-order valence-electron chi connectivity index (χ0n) is 68.2. The predicted octanol–water partition coefficient (Wildman–Crippen LogP) is 15.4. The monoisotopic (exact) mass is 1520 g/mol. The van der Waals surface area contributed by atoms with Crippen molar-refractivity contribution in [3.63, 3.8) is 0 Å². The highest BCUT2D eigenvalue weighted by molar-refractivity contribution is 5.66. The first-order valence-corrected chi connectivity index (χ1v) is 41.4. The van der Waals surface area contributed by atoms with Crippen LogP contribution in [0.3, 0.4) is 0 Å². The second-order valence-electron chi connectivity index (χ2n) is 33.1. The van der Waals surface area contributed by atoms with Crippen molar-refractivity contribution in [3.05, 3.63) is 144 Å². The first-order chi connectivity index (χ1) is 52.5. The maximum atomic E-state index is 13.7. The Morgan fingerprint density at radius 2 is 0.624 bits per heavy atom. The third-order valence-corrected chi connectivity index (χ3v) is 26.2. The lowest BCUT2D eigenvalue weighted by atomic mass is 9.78. The molecule has 7 aliphatic heterocycles. The summed E-state index contributed by atoms with van der Waals surface area (Å²) in [6.45, 7) is 39.8. The standard InChI is InChI=1S/C89H132O20/c1-19-68-51(6)50(5)60(15)84(98-68)107-78-55(10)52(7)69(20-2)99-86(78)96-49-73-75(91)81(82(94-45-66-39-31-25-32-40-66)89(103-73)106-77-58(13)61(16)83(95-46-67-41-33-26-34-42-67)104-74(77)48-93-44-65-37-29-24-30-38-65)109-88-80(56(11)53(8)70(21-3)100-88)108-85-62(17)59(14)76(71(22-4)101-85)105-87-79(97-63(18)90)57(12)54(9)72(102-87)47-92-43-64-35-27-23-28-36-64/h23-42,50-62,68-89,91H,19-22,43-49H2,1-18H3/t50-,51-,52-,53+,54+,55-,56?,57-,58+,59+,60?,61?,62?,68?,69?,70?,71?,72?,73?,74?,75+,76-,77-,78?,79?,80-,81-,82?,83+,84-,85-,86-,87-,88-,89-/m0/s1. The van der Waals surface area contributed by atoms with Crippen LogP contribution in [0.4, 0.5) is 0 Å². The summed E-state index contributed by atoms with van der Waals surface area (Å²) in [6.07, 6.45) is -13.1. The molecule has 7 saturated heterocycles. The molecule has 7 aliphatic rings. The second kappa shape index (κ2) is 40.3. The Kier molecular flexibility index (Phi) is 31.6. The Hall–Kier alpha value is -4.37. The molecule has 20 heteroatoms. The quantitative estimate of drug-likeness (QED) is 0.0452. The summed E-state index contributed by atoms with van der Waals surface area (Å²) in [4.78, 5) is 12.9. The molecular weight excluding hydrogens is 1390 g/mol. The molecule has 0 aromatic heterocycles. The Balaban J connectivity index is 0.919. The number of benzene rings is 4. The van der Waals surface area contributed by atoms with Crippen molar-refractivity contribution >= 4 is 5.97 Å². The van der Waals surface area contributed by atoms with Gasteiger partial charge in [0, 0.05) is 30.6 Å². The lowest BCUT2D eigenvalue weighted by Gasteiger charge is -2.52. The van der Waals surface area contributed by atoms with Crippen LogP contribution in [0.15, 0.2) is 121 Å². The molecule has 14 unspecified atom stereocenters. The van der Waals surface area contributed by atoms with E-state index in [-0.39, 0.29) is 109 Å². The van der Waals surface area contributed by atoms with Gasteiger partial charge in [0.15, 0.2) is 50.1 Å². The van der Waals surface area contributed by atoms with Crippen LogP contribution in [-0.4, -0.2) is 166 Å². The van der Waals surface area contributed by atoms with E-state index in [1.807, 2.05) is 121 Å². The van der Waals surface area contributed by atoms with Crippen molar-refractivity contribution < 1.29 is 95.2 Å². The molecule has 20 nitrogen and oxygen atoms in total. The fraction of sp³-hybridized carbons (Fsp3) is 0.719. The lowest BCUT2D eigenvalue weighted by Crippen LogP contribution is -2.66. The van der Waals surface area contributed by atoms with Gasteiger partial charge in [0.05, 0.1) is 89.0 Å². The summed E-state index contributed by atoms with van der Waals surface area (Å²) < 4.78 is 127. The van der Waals surface area contributed by atoms with Gasteiger partial charge < -0.3 is 90.4 Å². The molecule has 0 saturated carbocycles. The fourth-order valence-corrected chi connectivity index (χ4v) is 17.5. The average molecular weight is 1520 g/mol. The molecule has 7 heterocycles. The molecule has 0 bridgehead atoms. The van der Waals surface area contributed by atoms with Crippen LogP contribution in [0.2, 0.25) is 0 Å². The number of carbonyl (C=O) groups is 1. The van der Waals surface area contributed by atoms with E-state index in [4.69, 9.17) is 85.3 Å². The second-order valence-corrected chi connectivity index (χ2v) is 33.1. The summed E-state index contributed by atoms with van der Waals surface area (Å²) in [5.41, 5.74) is 3.98. The van der Waals surface area contributed by atoms with Crippen molar-refractivity contribution in [2.24, 2.45) is 76.9 Å². The van der Waals surface area contributed by atoms with E-state index in [2.05, 4.69) is 118 Å². The van der Waals surface area contributed by atoms with Gasteiger partial charge in [-0.05, 0) is 101 Å². The zero-order valence-corrected chi connectivity index (χ0v) is 68.2. The number of esters is 1. The van der Waals surface area contributed by atoms with Gasteiger partial charge in [0.2, 0.25) is 0 Å². The van der Waals surface area contributed by atoms with E-state index < -0.39 is 117 Å². The van der Waals surface area contributed by atoms with Crippen molar-refractivity contribution in [3.8, 4) is 0 Å². The minimum absolute atomic E-state index is 0.00218. The Morgan fingerprint density at radius 1 is 0.294 bits per heavy atom. The smallest absolute Gasteiger partial charge is 0.303 e. The van der Waals surface area contributed by atoms with Crippen LogP contribution in [0, 0.1) is 76.9 Å². The van der Waals surface area contributed by atoms with Crippen LogP contribution in [0.5, 0.6) is 0 Å². The van der Waals surface area contributed by atoms with E-state index in [9.17, 15) is 9.90 Å². The molecule has 0 radical (unpaired) electrons. The fourth-order valence-electron chi connectivity index (χ4n) is 17.5. The summed E-state index contributed by atoms with van der Waals surface area (Å²) in [6, 6.07) is 40.2. The van der Waals surface area contributed by atoms with Crippen molar-refractivity contribution in [2.75, 3.05) is 19.8 Å². The van der Waals surface area contributed by atoms with Gasteiger partial charge >= 0.3 is 5.97 Å². The minimum atomic E-state index is -1.43. The van der Waals surface area contributed by atoms with Crippen LogP contribution in [-0.2, 0) is 116 Å². The SMILES string of the molecule is CCC1O[C@@H](O[C@@H]2C(OCc3ccccc3)[C@H](O[C@@H]3C(COCc4ccccc4)O[C@@H](OCc4ccccc4)C(C)[C@H]3C)OC(CO[C@H]3OC(CC)[C@@H](C)[C@H](C)C3O[C@@H]3OC(CC)[C@@H](C)[C@H](C)C3C)[C@H]2O)[C@@H](O[C@@H]2OC(CC)[C@@H](O[C@@H]3OC(COCc4ccccc4)[C@H](C)[C@H](C)C3OC(C)=O)[C@H](C)C2C)C(C)[C@H]1C. The third kappa shape index (κ3) is 20.8. The van der Waals surface area contributed by atoms with Gasteiger partial charge in [0.1, 0.15) is 42.7 Å². The number of aliphatic hydroxyl groups is 1. The zero-order chi connectivity index (χ0) is 77.7. The number of aliphatic hydroxyl groups excluding tert-OH is 1. The molecule has 4 aromatic rings. The van der Waals surface area contributed by atoms with E-state index in [1.165, 1.54) is 6.92 Å². The molecule has 1 N–H and O–H groups in total. The van der Waals surface area contributed by atoms with Gasteiger partial charge in [-0.1, -0.05) is 239 Å². The summed E-state index contributed by atoms with van der Waals surface area (Å²) in [5, 5.41) is 13.7. The highest BCUT2D eigenvalue weighted by Gasteiger charge is 2.57. The van der Waals surface area contributed by atoms with Crippen molar-refractivity contribution in [1.82, 2.24) is 0 Å². The van der Waals surface area contributed by atoms with Crippen LogP contribution >= 0.6 is 0 Å². The highest BCUT2D eigenvalue weighted by atomic mass is 16.8. The molecule has 0 spiro atoms. The predicted molar refractivity (Wildman–Crippen MR) is 411 cm³/mol. The molecule has 35 atom stereocenters. The van der Waals surface area contributed by atoms with Gasteiger partial charge in [-0.15, -0.1) is 0 Å². The number of carbonyl (C=O) groups excluding carboxylic acids is 1. The summed E-state index contributed by atoms with van der Waals surface area (Å²) in [5.74, 6) is -0.639. The van der Waals surface area contributed by atoms with Crippen LogP contribution in [0.25, 0.3) is 0 Å². The normalized spacial score (nSPS) is 41.4. The largest absolute Gasteiger partial charge is 0.457 e. The van der Waals surface area contributed by atoms with Gasteiger partial charge in [-0.3, -0.25) is 4.79 Å². The number of ether oxygens (including phenoxy) is 18. The van der Waals surface area contributed by atoms with E-state index in [0.717, 1.165) is 35.1 Å². The Labute approximate surface area is 650 Å². The van der Waals surface area contributed by atoms with Crippen LogP contribution in [0.1, 0.15) is 173 Å². The van der Waals surface area contributed by atoms with E-state index in [0.29, 0.717) is 51.1 Å². The molecular formula is C89H132O20. The summed E-state index contributed by atoms with van der Waals surface area (Å²) in [7, 11) is 0. The van der Waals surface area contributed by atoms with E-state index >= 15 is 0 Å². The topological polar surface area (TPSA) is 203 Å².